The molecule has 1 unspecified atom stereocenters. The quantitative estimate of drug-likeness (QED) is 0.742. The maximum atomic E-state index is 6.31. The van der Waals surface area contributed by atoms with Gasteiger partial charge >= 0.3 is 0 Å². The lowest BCUT2D eigenvalue weighted by Crippen LogP contribution is -1.99. The Bertz CT molecular complexity index is 582. The zero-order chi connectivity index (χ0) is 14.0. The number of hydrogen-bond donors (Lipinski definition) is 0. The summed E-state index contributed by atoms with van der Waals surface area (Å²) in [7, 11) is 1.65. The van der Waals surface area contributed by atoms with Gasteiger partial charge in [-0.15, -0.1) is 11.6 Å². The van der Waals surface area contributed by atoms with Crippen LogP contribution in [0.3, 0.4) is 0 Å². The second-order valence-electron chi connectivity index (χ2n) is 4.33. The Morgan fingerprint density at radius 1 is 1.26 bits per heavy atom. The largest absolute Gasteiger partial charge is 0.496 e. The monoisotopic (exact) mass is 295 g/mol. The van der Waals surface area contributed by atoms with Crippen LogP contribution in [-0.4, -0.2) is 12.1 Å². The summed E-state index contributed by atoms with van der Waals surface area (Å²) in [6.45, 7) is 3.88. The fourth-order valence-electron chi connectivity index (χ4n) is 2.13. The topological polar surface area (TPSA) is 22.1 Å². The molecule has 0 N–H and O–H groups in total. The number of methoxy groups -OCH3 is 1. The standard InChI is InChI=1S/C15H15Cl2NO/c1-9-13(17)8-12(10(2)16)15(19-3)14(9)11-4-6-18-7-5-11/h4-8,10H,1-3H3. The van der Waals surface area contributed by atoms with Crippen molar-refractivity contribution in [1.82, 2.24) is 4.98 Å². The minimum absolute atomic E-state index is 0.173. The van der Waals surface area contributed by atoms with Crippen molar-refractivity contribution in [3.8, 4) is 16.9 Å². The van der Waals surface area contributed by atoms with E-state index in [-0.39, 0.29) is 5.38 Å². The summed E-state index contributed by atoms with van der Waals surface area (Å²) >= 11 is 12.5. The number of nitrogens with zero attached hydrogens (tertiary/aromatic N) is 1. The second kappa shape index (κ2) is 5.81. The number of aromatic nitrogens is 1. The van der Waals surface area contributed by atoms with E-state index in [2.05, 4.69) is 4.98 Å². The SMILES string of the molecule is COc1c(C(C)Cl)cc(Cl)c(C)c1-c1ccncc1. The van der Waals surface area contributed by atoms with E-state index in [1.807, 2.05) is 32.0 Å². The molecule has 2 rings (SSSR count). The summed E-state index contributed by atoms with van der Waals surface area (Å²) in [4.78, 5) is 4.04. The fourth-order valence-corrected chi connectivity index (χ4v) is 2.50. The molecule has 4 heteroatoms. The van der Waals surface area contributed by atoms with Crippen LogP contribution in [0.25, 0.3) is 11.1 Å². The van der Waals surface area contributed by atoms with Crippen molar-refractivity contribution >= 4 is 23.2 Å². The van der Waals surface area contributed by atoms with Crippen LogP contribution in [-0.2, 0) is 0 Å². The first-order valence-electron chi connectivity index (χ1n) is 5.97. The van der Waals surface area contributed by atoms with Crippen molar-refractivity contribution in [3.05, 3.63) is 46.7 Å². The predicted molar refractivity (Wildman–Crippen MR) is 80.2 cm³/mol. The van der Waals surface area contributed by atoms with Gasteiger partial charge in [-0.3, -0.25) is 4.98 Å². The van der Waals surface area contributed by atoms with Crippen molar-refractivity contribution in [2.24, 2.45) is 0 Å². The summed E-state index contributed by atoms with van der Waals surface area (Å²) in [5.74, 6) is 0.774. The van der Waals surface area contributed by atoms with Crippen LogP contribution >= 0.6 is 23.2 Å². The van der Waals surface area contributed by atoms with E-state index in [1.165, 1.54) is 0 Å². The molecule has 19 heavy (non-hydrogen) atoms. The molecule has 1 atom stereocenters. The number of ether oxygens (including phenoxy) is 1. The Balaban J connectivity index is 2.78. The van der Waals surface area contributed by atoms with Gasteiger partial charge in [0.05, 0.1) is 12.5 Å². The van der Waals surface area contributed by atoms with Crippen molar-refractivity contribution in [2.75, 3.05) is 7.11 Å². The lowest BCUT2D eigenvalue weighted by Gasteiger charge is -2.19. The maximum Gasteiger partial charge on any atom is 0.131 e. The molecule has 0 amide bonds. The van der Waals surface area contributed by atoms with Crippen LogP contribution in [0.2, 0.25) is 5.02 Å². The fraction of sp³-hybridized carbons (Fsp3) is 0.267. The first-order valence-corrected chi connectivity index (χ1v) is 6.79. The van der Waals surface area contributed by atoms with Crippen LogP contribution < -0.4 is 4.74 Å². The van der Waals surface area contributed by atoms with Gasteiger partial charge in [0, 0.05) is 28.5 Å². The van der Waals surface area contributed by atoms with Crippen LogP contribution in [0.5, 0.6) is 5.75 Å². The number of halogens is 2. The van der Waals surface area contributed by atoms with Gasteiger partial charge in [0.2, 0.25) is 0 Å². The summed E-state index contributed by atoms with van der Waals surface area (Å²) in [6, 6.07) is 5.74. The van der Waals surface area contributed by atoms with Gasteiger partial charge in [-0.1, -0.05) is 11.6 Å². The number of alkyl halides is 1. The van der Waals surface area contributed by atoms with E-state index in [1.54, 1.807) is 19.5 Å². The average Bonchev–Trinajstić information content (AvgIpc) is 2.41. The molecule has 2 nitrogen and oxygen atoms in total. The van der Waals surface area contributed by atoms with Crippen LogP contribution in [0.4, 0.5) is 0 Å². The molecule has 100 valence electrons. The third kappa shape index (κ3) is 2.70. The predicted octanol–water partition coefficient (Wildman–Crippen LogP) is 5.02. The maximum absolute atomic E-state index is 6.31. The zero-order valence-corrected chi connectivity index (χ0v) is 12.6. The normalized spacial score (nSPS) is 12.3. The average molecular weight is 296 g/mol. The number of rotatable bonds is 3. The Morgan fingerprint density at radius 2 is 1.89 bits per heavy atom. The van der Waals surface area contributed by atoms with Gasteiger partial charge in [-0.05, 0) is 43.2 Å². The molecule has 0 radical (unpaired) electrons. The second-order valence-corrected chi connectivity index (χ2v) is 5.39. The lowest BCUT2D eigenvalue weighted by atomic mass is 9.96. The summed E-state index contributed by atoms with van der Waals surface area (Å²) in [5.41, 5.74) is 3.86. The van der Waals surface area contributed by atoms with Gasteiger partial charge in [0.15, 0.2) is 0 Å². The number of pyridine rings is 1. The molecule has 2 aromatic rings. The van der Waals surface area contributed by atoms with Gasteiger partial charge in [-0.25, -0.2) is 0 Å². The van der Waals surface area contributed by atoms with E-state index in [9.17, 15) is 0 Å². The minimum atomic E-state index is -0.173. The van der Waals surface area contributed by atoms with Crippen molar-refractivity contribution in [2.45, 2.75) is 19.2 Å². The summed E-state index contributed by atoms with van der Waals surface area (Å²) < 4.78 is 5.56. The van der Waals surface area contributed by atoms with Crippen LogP contribution in [0.1, 0.15) is 23.4 Å². The highest BCUT2D eigenvalue weighted by atomic mass is 35.5. The molecule has 0 saturated carbocycles. The van der Waals surface area contributed by atoms with Gasteiger partial charge in [0.25, 0.3) is 0 Å². The van der Waals surface area contributed by atoms with Gasteiger partial charge in [0.1, 0.15) is 5.75 Å². The molecule has 0 aliphatic carbocycles. The smallest absolute Gasteiger partial charge is 0.131 e. The Kier molecular flexibility index (Phi) is 4.33. The van der Waals surface area contributed by atoms with Crippen molar-refractivity contribution in [1.29, 1.82) is 0 Å². The highest BCUT2D eigenvalue weighted by Gasteiger charge is 2.19. The third-order valence-electron chi connectivity index (χ3n) is 3.11. The molecular formula is C15H15Cl2NO. The Morgan fingerprint density at radius 3 is 2.42 bits per heavy atom. The lowest BCUT2D eigenvalue weighted by molar-refractivity contribution is 0.411. The highest BCUT2D eigenvalue weighted by molar-refractivity contribution is 6.32. The van der Waals surface area contributed by atoms with Gasteiger partial charge < -0.3 is 4.74 Å². The molecule has 0 aliphatic rings. The molecule has 0 aliphatic heterocycles. The first kappa shape index (κ1) is 14.2. The molecule has 0 bridgehead atoms. The molecule has 0 spiro atoms. The Labute approximate surface area is 123 Å². The van der Waals surface area contributed by atoms with E-state index >= 15 is 0 Å². The first-order chi connectivity index (χ1) is 9.06. The van der Waals surface area contributed by atoms with E-state index in [0.717, 1.165) is 28.0 Å². The molecular weight excluding hydrogens is 281 g/mol. The van der Waals surface area contributed by atoms with Crippen LogP contribution in [0, 0.1) is 6.92 Å². The molecule has 1 aromatic heterocycles. The third-order valence-corrected chi connectivity index (χ3v) is 3.73. The van der Waals surface area contributed by atoms with E-state index < -0.39 is 0 Å². The van der Waals surface area contributed by atoms with E-state index in [4.69, 9.17) is 27.9 Å². The number of hydrogen-bond acceptors (Lipinski definition) is 2. The molecule has 1 aromatic carbocycles. The minimum Gasteiger partial charge on any atom is -0.496 e. The summed E-state index contributed by atoms with van der Waals surface area (Å²) in [5, 5.41) is 0.517. The van der Waals surface area contributed by atoms with Crippen molar-refractivity contribution < 1.29 is 4.74 Å². The van der Waals surface area contributed by atoms with Crippen LogP contribution in [0.15, 0.2) is 30.6 Å². The molecule has 1 heterocycles. The van der Waals surface area contributed by atoms with E-state index in [0.29, 0.717) is 5.02 Å². The van der Waals surface area contributed by atoms with Crippen molar-refractivity contribution in [3.63, 3.8) is 0 Å². The molecule has 0 saturated heterocycles. The Hall–Kier alpha value is -1.25. The molecule has 0 fully saturated rings. The van der Waals surface area contributed by atoms with Gasteiger partial charge in [-0.2, -0.15) is 0 Å². The summed E-state index contributed by atoms with van der Waals surface area (Å²) in [6.07, 6.45) is 3.50. The zero-order valence-electron chi connectivity index (χ0n) is 11.1. The highest BCUT2D eigenvalue weighted by Crippen LogP contribution is 2.43. The number of benzene rings is 1.